The third-order valence-corrected chi connectivity index (χ3v) is 8.29. The highest BCUT2D eigenvalue weighted by Crippen LogP contribution is 2.44. The van der Waals surface area contributed by atoms with E-state index in [-0.39, 0.29) is 16.8 Å². The Hall–Kier alpha value is -2.17. The lowest BCUT2D eigenvalue weighted by atomic mass is 10.1. The SMILES string of the molecule is COc1ccc(C2SCC(C(=O)NCCN3CCOCC3)N2C(=O)c2ccc(Cl)c(Cl)c2)cc1OC. The minimum atomic E-state index is -0.653. The van der Waals surface area contributed by atoms with Crippen molar-refractivity contribution >= 4 is 46.8 Å². The second-order valence-electron chi connectivity index (χ2n) is 8.40. The van der Waals surface area contributed by atoms with Crippen molar-refractivity contribution in [2.24, 2.45) is 0 Å². The molecule has 2 aromatic rings. The molecule has 2 aliphatic heterocycles. The molecule has 2 amide bonds. The van der Waals surface area contributed by atoms with Crippen LogP contribution >= 0.6 is 35.0 Å². The summed E-state index contributed by atoms with van der Waals surface area (Å²) in [6.07, 6.45) is 0. The predicted octanol–water partition coefficient (Wildman–Crippen LogP) is 3.72. The predicted molar refractivity (Wildman–Crippen MR) is 141 cm³/mol. The monoisotopic (exact) mass is 553 g/mol. The highest BCUT2D eigenvalue weighted by Gasteiger charge is 2.43. The number of benzene rings is 2. The molecule has 0 aliphatic carbocycles. The van der Waals surface area contributed by atoms with Gasteiger partial charge >= 0.3 is 0 Å². The summed E-state index contributed by atoms with van der Waals surface area (Å²) in [6, 6.07) is 9.61. The van der Waals surface area contributed by atoms with Gasteiger partial charge in [0.2, 0.25) is 5.91 Å². The third-order valence-electron chi connectivity index (χ3n) is 6.23. The maximum absolute atomic E-state index is 13.8. The number of hydrogen-bond donors (Lipinski definition) is 1. The number of ether oxygens (including phenoxy) is 3. The summed E-state index contributed by atoms with van der Waals surface area (Å²) < 4.78 is 16.2. The number of rotatable bonds is 8. The van der Waals surface area contributed by atoms with E-state index in [1.807, 2.05) is 12.1 Å². The second-order valence-corrected chi connectivity index (χ2v) is 10.3. The minimum absolute atomic E-state index is 0.188. The molecule has 2 saturated heterocycles. The van der Waals surface area contributed by atoms with Crippen LogP contribution in [0.1, 0.15) is 21.3 Å². The molecule has 0 saturated carbocycles. The van der Waals surface area contributed by atoms with Crippen LogP contribution in [0.2, 0.25) is 10.0 Å². The third kappa shape index (κ3) is 6.03. The summed E-state index contributed by atoms with van der Waals surface area (Å²) in [5.74, 6) is 1.11. The number of thioether (sulfide) groups is 1. The first kappa shape index (κ1) is 26.9. The Bertz CT molecular complexity index is 1100. The number of amides is 2. The summed E-state index contributed by atoms with van der Waals surface area (Å²) in [5, 5.41) is 3.26. The fourth-order valence-electron chi connectivity index (χ4n) is 4.28. The van der Waals surface area contributed by atoms with E-state index in [1.54, 1.807) is 37.3 Å². The van der Waals surface area contributed by atoms with Crippen LogP contribution in [-0.2, 0) is 9.53 Å². The lowest BCUT2D eigenvalue weighted by molar-refractivity contribution is -0.124. The molecule has 0 spiro atoms. The van der Waals surface area contributed by atoms with Gasteiger partial charge in [-0.15, -0.1) is 11.8 Å². The van der Waals surface area contributed by atoms with Crippen LogP contribution in [0.25, 0.3) is 0 Å². The standard InChI is InChI=1S/C25H29Cl2N3O5S/c1-33-21-6-4-17(14-22(21)34-2)25-30(24(32)16-3-5-18(26)19(27)13-16)20(15-36-25)23(31)28-7-8-29-9-11-35-12-10-29/h3-6,13-14,20,25H,7-12,15H2,1-2H3,(H,28,31). The first-order valence-corrected chi connectivity index (χ1v) is 13.4. The summed E-state index contributed by atoms with van der Waals surface area (Å²) in [6.45, 7) is 4.32. The van der Waals surface area contributed by atoms with Gasteiger partial charge < -0.3 is 24.4 Å². The summed E-state index contributed by atoms with van der Waals surface area (Å²) >= 11 is 13.8. The fourth-order valence-corrected chi connectivity index (χ4v) is 5.99. The van der Waals surface area contributed by atoms with Crippen molar-refractivity contribution in [2.45, 2.75) is 11.4 Å². The first-order valence-electron chi connectivity index (χ1n) is 11.6. The molecule has 2 atom stereocenters. The summed E-state index contributed by atoms with van der Waals surface area (Å²) in [5.41, 5.74) is 1.19. The van der Waals surface area contributed by atoms with E-state index in [0.29, 0.717) is 47.6 Å². The van der Waals surface area contributed by atoms with E-state index >= 15 is 0 Å². The normalized spacial score (nSPS) is 20.3. The van der Waals surface area contributed by atoms with E-state index in [2.05, 4.69) is 10.2 Å². The molecule has 2 aromatic carbocycles. The number of morpholine rings is 1. The molecule has 0 radical (unpaired) electrons. The summed E-state index contributed by atoms with van der Waals surface area (Å²) in [4.78, 5) is 30.9. The van der Waals surface area contributed by atoms with Gasteiger partial charge in [0.15, 0.2) is 11.5 Å². The highest BCUT2D eigenvalue weighted by molar-refractivity contribution is 7.99. The maximum atomic E-state index is 13.8. The van der Waals surface area contributed by atoms with E-state index in [0.717, 1.165) is 25.2 Å². The number of carbonyl (C=O) groups excluding carboxylic acids is 2. The van der Waals surface area contributed by atoms with Gasteiger partial charge in [-0.05, 0) is 35.9 Å². The highest BCUT2D eigenvalue weighted by atomic mass is 35.5. The largest absolute Gasteiger partial charge is 0.493 e. The zero-order chi connectivity index (χ0) is 25.7. The number of hydrogen-bond acceptors (Lipinski definition) is 7. The van der Waals surface area contributed by atoms with Gasteiger partial charge in [0.05, 0.1) is 37.5 Å². The Morgan fingerprint density at radius 1 is 1.06 bits per heavy atom. The smallest absolute Gasteiger partial charge is 0.255 e. The number of methoxy groups -OCH3 is 2. The topological polar surface area (TPSA) is 80.3 Å². The van der Waals surface area contributed by atoms with Crippen LogP contribution in [0.4, 0.5) is 0 Å². The molecule has 0 aromatic heterocycles. The van der Waals surface area contributed by atoms with E-state index < -0.39 is 11.4 Å². The molecule has 8 nitrogen and oxygen atoms in total. The fraction of sp³-hybridized carbons (Fsp3) is 0.440. The van der Waals surface area contributed by atoms with Gasteiger partial charge in [-0.2, -0.15) is 0 Å². The molecule has 194 valence electrons. The Labute approximate surface area is 225 Å². The quantitative estimate of drug-likeness (QED) is 0.533. The van der Waals surface area contributed by atoms with Crippen molar-refractivity contribution in [3.05, 3.63) is 57.6 Å². The van der Waals surface area contributed by atoms with Gasteiger partial charge in [0.25, 0.3) is 5.91 Å². The number of nitrogens with one attached hydrogen (secondary N) is 1. The van der Waals surface area contributed by atoms with Gasteiger partial charge in [0.1, 0.15) is 11.4 Å². The van der Waals surface area contributed by atoms with Crippen molar-refractivity contribution < 1.29 is 23.8 Å². The molecular weight excluding hydrogens is 525 g/mol. The van der Waals surface area contributed by atoms with Crippen LogP contribution in [-0.4, -0.2) is 87.0 Å². The van der Waals surface area contributed by atoms with Crippen molar-refractivity contribution in [3.63, 3.8) is 0 Å². The van der Waals surface area contributed by atoms with Crippen LogP contribution in [0, 0.1) is 0 Å². The van der Waals surface area contributed by atoms with Crippen LogP contribution in [0.15, 0.2) is 36.4 Å². The summed E-state index contributed by atoms with van der Waals surface area (Å²) in [7, 11) is 3.13. The molecule has 11 heteroatoms. The molecule has 1 N–H and O–H groups in total. The second kappa shape index (κ2) is 12.4. The number of carbonyl (C=O) groups is 2. The zero-order valence-electron chi connectivity index (χ0n) is 20.2. The van der Waals surface area contributed by atoms with E-state index in [1.165, 1.54) is 17.8 Å². The van der Waals surface area contributed by atoms with Gasteiger partial charge in [-0.1, -0.05) is 29.3 Å². The molecule has 2 heterocycles. The molecule has 2 fully saturated rings. The Morgan fingerprint density at radius 2 is 1.81 bits per heavy atom. The van der Waals surface area contributed by atoms with Crippen molar-refractivity contribution in [2.75, 3.05) is 59.4 Å². The average Bonchev–Trinajstić information content (AvgIpc) is 3.35. The van der Waals surface area contributed by atoms with Crippen molar-refractivity contribution in [1.82, 2.24) is 15.1 Å². The molecule has 2 aliphatic rings. The molecule has 4 rings (SSSR count). The van der Waals surface area contributed by atoms with E-state index in [9.17, 15) is 9.59 Å². The van der Waals surface area contributed by atoms with Crippen molar-refractivity contribution in [1.29, 1.82) is 0 Å². The number of nitrogens with zero attached hydrogens (tertiary/aromatic N) is 2. The Morgan fingerprint density at radius 3 is 2.50 bits per heavy atom. The van der Waals surface area contributed by atoms with Crippen LogP contribution in [0.3, 0.4) is 0 Å². The number of halogens is 2. The lowest BCUT2D eigenvalue weighted by Gasteiger charge is -2.30. The van der Waals surface area contributed by atoms with Gasteiger partial charge in [-0.3, -0.25) is 14.5 Å². The Kier molecular flexibility index (Phi) is 9.25. The Balaban J connectivity index is 1.57. The van der Waals surface area contributed by atoms with Crippen LogP contribution < -0.4 is 14.8 Å². The molecule has 36 heavy (non-hydrogen) atoms. The minimum Gasteiger partial charge on any atom is -0.493 e. The molecule has 0 bridgehead atoms. The molecular formula is C25H29Cl2N3O5S. The van der Waals surface area contributed by atoms with Gasteiger partial charge in [0, 0.05) is 37.5 Å². The average molecular weight is 554 g/mol. The van der Waals surface area contributed by atoms with Crippen molar-refractivity contribution in [3.8, 4) is 11.5 Å². The molecule has 2 unspecified atom stereocenters. The maximum Gasteiger partial charge on any atom is 0.255 e. The van der Waals surface area contributed by atoms with Gasteiger partial charge in [-0.25, -0.2) is 0 Å². The first-order chi connectivity index (χ1) is 17.4. The lowest BCUT2D eigenvalue weighted by Crippen LogP contribution is -2.49. The van der Waals surface area contributed by atoms with Crippen LogP contribution in [0.5, 0.6) is 11.5 Å². The van der Waals surface area contributed by atoms with E-state index in [4.69, 9.17) is 37.4 Å². The zero-order valence-corrected chi connectivity index (χ0v) is 22.5.